The van der Waals surface area contributed by atoms with Crippen LogP contribution in [-0.4, -0.2) is 30.1 Å². The number of nitrogens with zero attached hydrogens (tertiary/aromatic N) is 1. The fourth-order valence-corrected chi connectivity index (χ4v) is 3.52. The Morgan fingerprint density at radius 3 is 2.55 bits per heavy atom. The molecule has 1 aliphatic rings. The lowest BCUT2D eigenvalue weighted by Crippen LogP contribution is -2.58. The highest BCUT2D eigenvalue weighted by Crippen LogP contribution is 2.33. The molecule has 2 unspecified atom stereocenters. The minimum atomic E-state index is 0.173. The maximum absolute atomic E-state index is 6.25. The van der Waals surface area contributed by atoms with Gasteiger partial charge in [-0.1, -0.05) is 51.5 Å². The summed E-state index contributed by atoms with van der Waals surface area (Å²) in [5.74, 6) is 0.746. The lowest BCUT2D eigenvalue weighted by atomic mass is 9.76. The Bertz CT molecular complexity index is 429. The molecule has 0 bridgehead atoms. The maximum atomic E-state index is 6.25. The van der Waals surface area contributed by atoms with Crippen molar-refractivity contribution in [3.05, 3.63) is 35.4 Å². The normalized spacial score (nSPS) is 23.6. The monoisotopic (exact) mass is 274 g/mol. The highest BCUT2D eigenvalue weighted by atomic mass is 15.2. The summed E-state index contributed by atoms with van der Waals surface area (Å²) >= 11 is 0. The number of fused-ring (bicyclic) bond motifs is 1. The van der Waals surface area contributed by atoms with Crippen molar-refractivity contribution < 1.29 is 0 Å². The van der Waals surface area contributed by atoms with Crippen molar-refractivity contribution in [3.63, 3.8) is 0 Å². The van der Waals surface area contributed by atoms with Crippen LogP contribution in [0.1, 0.15) is 44.7 Å². The third-order valence-corrected chi connectivity index (χ3v) is 5.16. The number of benzene rings is 1. The molecule has 0 amide bonds. The van der Waals surface area contributed by atoms with E-state index in [4.69, 9.17) is 5.73 Å². The summed E-state index contributed by atoms with van der Waals surface area (Å²) in [6.07, 6.45) is 4.73. The van der Waals surface area contributed by atoms with Crippen molar-refractivity contribution in [2.45, 2.75) is 52.0 Å². The summed E-state index contributed by atoms with van der Waals surface area (Å²) in [5, 5.41) is 0. The van der Waals surface area contributed by atoms with Crippen LogP contribution in [0.2, 0.25) is 0 Å². The lowest BCUT2D eigenvalue weighted by Gasteiger charge is -2.47. The van der Waals surface area contributed by atoms with E-state index in [2.05, 4.69) is 49.9 Å². The third kappa shape index (κ3) is 3.07. The fourth-order valence-electron chi connectivity index (χ4n) is 3.52. The van der Waals surface area contributed by atoms with E-state index in [0.717, 1.165) is 25.4 Å². The van der Waals surface area contributed by atoms with Gasteiger partial charge in [0.05, 0.1) is 0 Å². The first-order valence-electron chi connectivity index (χ1n) is 8.17. The topological polar surface area (TPSA) is 29.3 Å². The second-order valence-electron chi connectivity index (χ2n) is 6.43. The highest BCUT2D eigenvalue weighted by Gasteiger charge is 2.38. The molecule has 20 heavy (non-hydrogen) atoms. The summed E-state index contributed by atoms with van der Waals surface area (Å²) < 4.78 is 0. The Kier molecular flexibility index (Phi) is 5.22. The zero-order valence-corrected chi connectivity index (χ0v) is 13.4. The Labute approximate surface area is 124 Å². The fraction of sp³-hybridized carbons (Fsp3) is 0.667. The molecule has 0 saturated carbocycles. The summed E-state index contributed by atoms with van der Waals surface area (Å²) in [5.41, 5.74) is 9.45. The van der Waals surface area contributed by atoms with Gasteiger partial charge in [0.15, 0.2) is 0 Å². The average Bonchev–Trinajstić information content (AvgIpc) is 2.51. The summed E-state index contributed by atoms with van der Waals surface area (Å²) in [6, 6.07) is 8.89. The van der Waals surface area contributed by atoms with Crippen molar-refractivity contribution in [2.75, 3.05) is 19.6 Å². The zero-order chi connectivity index (χ0) is 14.6. The molecular formula is C18H30N2. The van der Waals surface area contributed by atoms with Crippen molar-refractivity contribution in [1.82, 2.24) is 4.90 Å². The predicted octanol–water partition coefficient (Wildman–Crippen LogP) is 3.24. The van der Waals surface area contributed by atoms with Gasteiger partial charge in [0, 0.05) is 18.6 Å². The van der Waals surface area contributed by atoms with Crippen molar-refractivity contribution in [1.29, 1.82) is 0 Å². The first kappa shape index (κ1) is 15.5. The summed E-state index contributed by atoms with van der Waals surface area (Å²) in [4.78, 5) is 2.65. The summed E-state index contributed by atoms with van der Waals surface area (Å²) in [6.45, 7) is 9.95. The van der Waals surface area contributed by atoms with E-state index in [0.29, 0.717) is 0 Å². The molecule has 2 N–H and O–H groups in total. The first-order chi connectivity index (χ1) is 9.65. The zero-order valence-electron chi connectivity index (χ0n) is 13.4. The van der Waals surface area contributed by atoms with Gasteiger partial charge < -0.3 is 5.73 Å². The van der Waals surface area contributed by atoms with Crippen LogP contribution in [0.3, 0.4) is 0 Å². The second kappa shape index (κ2) is 6.73. The molecule has 112 valence electrons. The molecule has 0 heterocycles. The van der Waals surface area contributed by atoms with Crippen LogP contribution >= 0.6 is 0 Å². The smallest absolute Gasteiger partial charge is 0.0375 e. The van der Waals surface area contributed by atoms with E-state index in [1.807, 2.05) is 0 Å². The van der Waals surface area contributed by atoms with E-state index in [1.165, 1.54) is 36.9 Å². The quantitative estimate of drug-likeness (QED) is 0.863. The molecule has 2 rings (SSSR count). The van der Waals surface area contributed by atoms with E-state index in [9.17, 15) is 0 Å². The van der Waals surface area contributed by atoms with Gasteiger partial charge in [-0.15, -0.1) is 0 Å². The van der Waals surface area contributed by atoms with Crippen LogP contribution in [0.15, 0.2) is 24.3 Å². The van der Waals surface area contributed by atoms with Gasteiger partial charge in [-0.25, -0.2) is 0 Å². The number of nitrogens with two attached hydrogens (primary N) is 1. The average molecular weight is 274 g/mol. The molecule has 0 aliphatic heterocycles. The van der Waals surface area contributed by atoms with E-state index < -0.39 is 0 Å². The Hall–Kier alpha value is -0.860. The molecule has 0 saturated heterocycles. The van der Waals surface area contributed by atoms with Crippen molar-refractivity contribution in [3.8, 4) is 0 Å². The van der Waals surface area contributed by atoms with E-state index in [1.54, 1.807) is 0 Å². The molecule has 0 radical (unpaired) electrons. The van der Waals surface area contributed by atoms with Crippen LogP contribution in [0, 0.1) is 5.92 Å². The second-order valence-corrected chi connectivity index (χ2v) is 6.43. The summed E-state index contributed by atoms with van der Waals surface area (Å²) in [7, 11) is 0. The maximum Gasteiger partial charge on any atom is 0.0375 e. The van der Waals surface area contributed by atoms with Gasteiger partial charge in [-0.3, -0.25) is 4.90 Å². The number of aryl methyl sites for hydroxylation is 1. The van der Waals surface area contributed by atoms with Crippen LogP contribution < -0.4 is 5.73 Å². The third-order valence-electron chi connectivity index (χ3n) is 5.16. The van der Waals surface area contributed by atoms with Crippen molar-refractivity contribution in [2.24, 2.45) is 11.7 Å². The number of likely N-dealkylation sites (N-methyl/N-ethyl adjacent to an activating group) is 1. The number of rotatable bonds is 6. The van der Waals surface area contributed by atoms with Crippen LogP contribution in [0.5, 0.6) is 0 Å². The molecule has 1 aliphatic carbocycles. The predicted molar refractivity (Wildman–Crippen MR) is 87.0 cm³/mol. The van der Waals surface area contributed by atoms with Gasteiger partial charge in [-0.05, 0) is 42.9 Å². The van der Waals surface area contributed by atoms with Gasteiger partial charge in [-0.2, -0.15) is 0 Å². The largest absolute Gasteiger partial charge is 0.329 e. The Balaban J connectivity index is 2.21. The van der Waals surface area contributed by atoms with E-state index >= 15 is 0 Å². The SMILES string of the molecule is CCC(C)CN(CC)C1(CN)CCc2ccccc2C1. The Morgan fingerprint density at radius 1 is 1.25 bits per heavy atom. The van der Waals surface area contributed by atoms with E-state index in [-0.39, 0.29) is 5.54 Å². The van der Waals surface area contributed by atoms with Gasteiger partial charge in [0.2, 0.25) is 0 Å². The minimum Gasteiger partial charge on any atom is -0.329 e. The molecule has 2 nitrogen and oxygen atoms in total. The number of hydrogen-bond donors (Lipinski definition) is 1. The molecular weight excluding hydrogens is 244 g/mol. The Morgan fingerprint density at radius 2 is 1.95 bits per heavy atom. The van der Waals surface area contributed by atoms with Crippen molar-refractivity contribution >= 4 is 0 Å². The molecule has 0 fully saturated rings. The lowest BCUT2D eigenvalue weighted by molar-refractivity contribution is 0.0695. The number of hydrogen-bond acceptors (Lipinski definition) is 2. The molecule has 2 heteroatoms. The standard InChI is InChI=1S/C18H30N2/c1-4-15(3)13-20(5-2)18(14-19)11-10-16-8-6-7-9-17(16)12-18/h6-9,15H,4-5,10-14,19H2,1-3H3. The van der Waals surface area contributed by atoms with Crippen LogP contribution in [0.25, 0.3) is 0 Å². The van der Waals surface area contributed by atoms with Gasteiger partial charge in [0.25, 0.3) is 0 Å². The molecule has 1 aromatic rings. The highest BCUT2D eigenvalue weighted by molar-refractivity contribution is 5.32. The van der Waals surface area contributed by atoms with Gasteiger partial charge in [0.1, 0.15) is 0 Å². The van der Waals surface area contributed by atoms with Crippen LogP contribution in [0.4, 0.5) is 0 Å². The minimum absolute atomic E-state index is 0.173. The molecule has 1 aromatic carbocycles. The van der Waals surface area contributed by atoms with Gasteiger partial charge >= 0.3 is 0 Å². The molecule has 0 aromatic heterocycles. The first-order valence-corrected chi connectivity index (χ1v) is 8.17. The molecule has 0 spiro atoms. The molecule has 2 atom stereocenters. The van der Waals surface area contributed by atoms with Crippen LogP contribution in [-0.2, 0) is 12.8 Å².